The Morgan fingerprint density at radius 2 is 1.83 bits per heavy atom. The van der Waals surface area contributed by atoms with Crippen molar-refractivity contribution in [1.82, 2.24) is 10.2 Å². The van der Waals surface area contributed by atoms with Crippen LogP contribution >= 0.6 is 27.5 Å². The summed E-state index contributed by atoms with van der Waals surface area (Å²) in [4.78, 5) is 27.3. The van der Waals surface area contributed by atoms with Gasteiger partial charge < -0.3 is 15.0 Å². The van der Waals surface area contributed by atoms with Crippen LogP contribution in [0.1, 0.15) is 38.3 Å². The Morgan fingerprint density at radius 1 is 1.17 bits per heavy atom. The summed E-state index contributed by atoms with van der Waals surface area (Å²) in [5.41, 5.74) is 2.08. The highest BCUT2D eigenvalue weighted by Crippen LogP contribution is 2.27. The summed E-state index contributed by atoms with van der Waals surface area (Å²) in [5, 5.41) is 3.36. The minimum atomic E-state index is -0.642. The molecule has 0 saturated heterocycles. The highest BCUT2D eigenvalue weighted by atomic mass is 79.9. The topological polar surface area (TPSA) is 58.6 Å². The Labute approximate surface area is 191 Å². The van der Waals surface area contributed by atoms with E-state index in [0.717, 1.165) is 22.0 Å². The number of nitrogens with one attached hydrogen (secondary N) is 1. The quantitative estimate of drug-likeness (QED) is 0.525. The predicted molar refractivity (Wildman–Crippen MR) is 124 cm³/mol. The van der Waals surface area contributed by atoms with Crippen molar-refractivity contribution in [2.24, 2.45) is 0 Å². The number of ether oxygens (including phenoxy) is 1. The summed E-state index contributed by atoms with van der Waals surface area (Å²) in [6, 6.07) is 12.5. The maximum atomic E-state index is 13.0. The van der Waals surface area contributed by atoms with Gasteiger partial charge in [0.2, 0.25) is 5.91 Å². The molecule has 0 fully saturated rings. The van der Waals surface area contributed by atoms with Gasteiger partial charge in [-0.25, -0.2) is 0 Å². The van der Waals surface area contributed by atoms with Crippen LogP contribution in [0.25, 0.3) is 0 Å². The zero-order valence-corrected chi connectivity index (χ0v) is 20.1. The van der Waals surface area contributed by atoms with E-state index in [-0.39, 0.29) is 24.5 Å². The van der Waals surface area contributed by atoms with Crippen LogP contribution in [0, 0.1) is 6.92 Å². The van der Waals surface area contributed by atoms with Gasteiger partial charge in [-0.1, -0.05) is 64.3 Å². The molecule has 5 nitrogen and oxygen atoms in total. The van der Waals surface area contributed by atoms with Gasteiger partial charge in [-0.15, -0.1) is 0 Å². The molecule has 2 amide bonds. The van der Waals surface area contributed by atoms with Crippen LogP contribution in [-0.4, -0.2) is 35.4 Å². The normalized spacial score (nSPS) is 12.7. The zero-order valence-electron chi connectivity index (χ0n) is 17.7. The molecule has 2 rings (SSSR count). The van der Waals surface area contributed by atoms with E-state index in [2.05, 4.69) is 21.2 Å². The van der Waals surface area contributed by atoms with Crippen molar-refractivity contribution in [1.29, 1.82) is 0 Å². The second-order valence-corrected chi connectivity index (χ2v) is 8.69. The van der Waals surface area contributed by atoms with E-state index in [1.807, 2.05) is 45.0 Å². The van der Waals surface area contributed by atoms with Crippen LogP contribution in [0.2, 0.25) is 5.02 Å². The maximum absolute atomic E-state index is 13.0. The third kappa shape index (κ3) is 7.03. The van der Waals surface area contributed by atoms with Gasteiger partial charge in [-0.2, -0.15) is 0 Å². The number of amides is 2. The molecule has 162 valence electrons. The molecule has 0 heterocycles. The first kappa shape index (κ1) is 24.2. The number of hydrogen-bond donors (Lipinski definition) is 1. The summed E-state index contributed by atoms with van der Waals surface area (Å²) in [5.74, 6) is -0.0620. The van der Waals surface area contributed by atoms with Crippen LogP contribution in [0.15, 0.2) is 46.9 Å². The molecule has 0 aromatic heterocycles. The fourth-order valence-electron chi connectivity index (χ4n) is 2.75. The average molecular weight is 496 g/mol. The summed E-state index contributed by atoms with van der Waals surface area (Å²) in [6.07, 6.45) is 0.815. The predicted octanol–water partition coefficient (Wildman–Crippen LogP) is 5.12. The highest BCUT2D eigenvalue weighted by Gasteiger charge is 2.27. The largest absolute Gasteiger partial charge is 0.482 e. The lowest BCUT2D eigenvalue weighted by Gasteiger charge is -2.29. The fourth-order valence-corrected chi connectivity index (χ4v) is 3.48. The summed E-state index contributed by atoms with van der Waals surface area (Å²) < 4.78 is 6.47. The second kappa shape index (κ2) is 11.4. The summed E-state index contributed by atoms with van der Waals surface area (Å²) in [7, 11) is 0. The average Bonchev–Trinajstić information content (AvgIpc) is 2.71. The van der Waals surface area contributed by atoms with E-state index < -0.39 is 6.04 Å². The zero-order chi connectivity index (χ0) is 22.3. The van der Waals surface area contributed by atoms with Crippen LogP contribution in [0.3, 0.4) is 0 Å². The van der Waals surface area contributed by atoms with Crippen molar-refractivity contribution in [3.8, 4) is 5.75 Å². The van der Waals surface area contributed by atoms with Gasteiger partial charge in [-0.3, -0.25) is 9.59 Å². The van der Waals surface area contributed by atoms with E-state index >= 15 is 0 Å². The van der Waals surface area contributed by atoms with E-state index in [1.165, 1.54) is 4.90 Å². The molecule has 0 spiro atoms. The molecule has 2 atom stereocenters. The van der Waals surface area contributed by atoms with Crippen LogP contribution < -0.4 is 10.1 Å². The van der Waals surface area contributed by atoms with Crippen molar-refractivity contribution >= 4 is 39.3 Å². The van der Waals surface area contributed by atoms with Gasteiger partial charge in [-0.05, 0) is 51.0 Å². The number of aryl methyl sites for hydroxylation is 1. The first-order chi connectivity index (χ1) is 14.2. The Bertz CT molecular complexity index is 873. The van der Waals surface area contributed by atoms with E-state index in [9.17, 15) is 9.59 Å². The molecule has 0 bridgehead atoms. The smallest absolute Gasteiger partial charge is 0.261 e. The number of nitrogens with zero attached hydrogens (tertiary/aromatic N) is 1. The van der Waals surface area contributed by atoms with Crippen molar-refractivity contribution in [3.63, 3.8) is 0 Å². The fraction of sp³-hybridized carbons (Fsp3) is 0.391. The lowest BCUT2D eigenvalue weighted by atomic mass is 10.1. The van der Waals surface area contributed by atoms with Crippen molar-refractivity contribution in [2.45, 2.75) is 52.7 Å². The van der Waals surface area contributed by atoms with Gasteiger partial charge in [0.1, 0.15) is 11.8 Å². The molecule has 7 heteroatoms. The van der Waals surface area contributed by atoms with Crippen LogP contribution in [0.5, 0.6) is 5.75 Å². The van der Waals surface area contributed by atoms with Crippen LogP contribution in [0.4, 0.5) is 0 Å². The standard InChI is InChI=1S/C23H28BrClN2O3/c1-5-16(3)26-23(29)17(4)27(13-18-8-6-15(2)7-9-18)22(28)14-30-21-11-10-19(24)12-20(21)25/h6-12,16-17H,5,13-14H2,1-4H3,(H,26,29)/t16-,17+/m1/s1. The van der Waals surface area contributed by atoms with Gasteiger partial charge in [0.05, 0.1) is 5.02 Å². The van der Waals surface area contributed by atoms with Gasteiger partial charge in [0, 0.05) is 17.1 Å². The van der Waals surface area contributed by atoms with Gasteiger partial charge in [0.15, 0.2) is 6.61 Å². The number of carbonyl (C=O) groups is 2. The maximum Gasteiger partial charge on any atom is 0.261 e. The van der Waals surface area contributed by atoms with Gasteiger partial charge >= 0.3 is 0 Å². The number of carbonyl (C=O) groups excluding carboxylic acids is 2. The molecule has 0 aliphatic carbocycles. The van der Waals surface area contributed by atoms with E-state index in [0.29, 0.717) is 17.3 Å². The first-order valence-corrected chi connectivity index (χ1v) is 11.1. The summed E-state index contributed by atoms with van der Waals surface area (Å²) in [6.45, 7) is 7.77. The van der Waals surface area contributed by atoms with E-state index in [4.69, 9.17) is 16.3 Å². The number of hydrogen-bond acceptors (Lipinski definition) is 3. The first-order valence-electron chi connectivity index (χ1n) is 9.94. The molecule has 0 saturated carbocycles. The molecular formula is C23H28BrClN2O3. The van der Waals surface area contributed by atoms with Crippen LogP contribution in [-0.2, 0) is 16.1 Å². The van der Waals surface area contributed by atoms with Crippen molar-refractivity contribution < 1.29 is 14.3 Å². The Balaban J connectivity index is 2.16. The Morgan fingerprint density at radius 3 is 2.43 bits per heavy atom. The molecular weight excluding hydrogens is 468 g/mol. The Kier molecular flexibility index (Phi) is 9.18. The van der Waals surface area contributed by atoms with Crippen molar-refractivity contribution in [3.05, 3.63) is 63.1 Å². The molecule has 0 aliphatic rings. The molecule has 1 N–H and O–H groups in total. The van der Waals surface area contributed by atoms with Crippen molar-refractivity contribution in [2.75, 3.05) is 6.61 Å². The third-order valence-electron chi connectivity index (χ3n) is 4.89. The lowest BCUT2D eigenvalue weighted by molar-refractivity contribution is -0.142. The SMILES string of the molecule is CC[C@@H](C)NC(=O)[C@H](C)N(Cc1ccc(C)cc1)C(=O)COc1ccc(Br)cc1Cl. The molecule has 30 heavy (non-hydrogen) atoms. The minimum Gasteiger partial charge on any atom is -0.482 e. The molecule has 2 aromatic carbocycles. The third-order valence-corrected chi connectivity index (χ3v) is 5.68. The molecule has 0 aliphatic heterocycles. The van der Waals surface area contributed by atoms with E-state index in [1.54, 1.807) is 25.1 Å². The Hall–Kier alpha value is -2.05. The summed E-state index contributed by atoms with van der Waals surface area (Å²) >= 11 is 9.52. The lowest BCUT2D eigenvalue weighted by Crippen LogP contribution is -2.50. The van der Waals surface area contributed by atoms with Gasteiger partial charge in [0.25, 0.3) is 5.91 Å². The number of rotatable bonds is 9. The number of benzene rings is 2. The highest BCUT2D eigenvalue weighted by molar-refractivity contribution is 9.10. The minimum absolute atomic E-state index is 0.0362. The monoisotopic (exact) mass is 494 g/mol. The second-order valence-electron chi connectivity index (χ2n) is 7.36. The molecule has 0 radical (unpaired) electrons. The molecule has 2 aromatic rings. The number of halogens is 2. The molecule has 0 unspecified atom stereocenters.